The maximum Gasteiger partial charge on any atom is 0.321 e. The van der Waals surface area contributed by atoms with E-state index >= 15 is 0 Å². The highest BCUT2D eigenvalue weighted by Crippen LogP contribution is 2.35. The Hall–Kier alpha value is -1.51. The van der Waals surface area contributed by atoms with E-state index in [1.54, 1.807) is 18.9 Å². The van der Waals surface area contributed by atoms with Crippen LogP contribution in [0.15, 0.2) is 22.7 Å². The van der Waals surface area contributed by atoms with E-state index in [9.17, 15) is 4.79 Å². The minimum absolute atomic E-state index is 0.0297. The summed E-state index contributed by atoms with van der Waals surface area (Å²) in [7, 11) is 1.65. The fraction of sp³-hybridized carbons (Fsp3) is 0.412. The summed E-state index contributed by atoms with van der Waals surface area (Å²) in [5.41, 5.74) is 4.07. The summed E-state index contributed by atoms with van der Waals surface area (Å²) in [5, 5.41) is 16.8. The van der Waals surface area contributed by atoms with E-state index in [1.807, 2.05) is 30.7 Å². The number of carboxylic acid groups (broad SMARTS) is 1. The summed E-state index contributed by atoms with van der Waals surface area (Å²) in [4.78, 5) is 11.1. The van der Waals surface area contributed by atoms with E-state index in [-0.39, 0.29) is 5.37 Å². The van der Waals surface area contributed by atoms with Gasteiger partial charge in [-0.2, -0.15) is 5.10 Å². The first kappa shape index (κ1) is 18.3. The third-order valence-electron chi connectivity index (χ3n) is 4.30. The molecule has 0 saturated carbocycles. The molecule has 0 spiro atoms. The van der Waals surface area contributed by atoms with Crippen LogP contribution in [0.5, 0.6) is 5.75 Å². The molecule has 1 aliphatic heterocycles. The minimum atomic E-state index is -0.809. The molecule has 25 heavy (non-hydrogen) atoms. The van der Waals surface area contributed by atoms with E-state index < -0.39 is 12.0 Å². The Bertz CT molecular complexity index is 809. The first-order chi connectivity index (χ1) is 11.9. The van der Waals surface area contributed by atoms with Gasteiger partial charge in [-0.1, -0.05) is 6.07 Å². The van der Waals surface area contributed by atoms with Crippen molar-refractivity contribution >= 4 is 33.7 Å². The van der Waals surface area contributed by atoms with Crippen LogP contribution in [-0.2, 0) is 11.3 Å². The molecule has 2 aromatic rings. The predicted octanol–water partition coefficient (Wildman–Crippen LogP) is 3.11. The molecule has 0 amide bonds. The van der Waals surface area contributed by atoms with E-state index in [0.717, 1.165) is 32.7 Å². The number of nitrogens with one attached hydrogen (secondary N) is 1. The number of benzene rings is 1. The number of hydrogen-bond donors (Lipinski definition) is 2. The number of ether oxygens (including phenoxy) is 1. The van der Waals surface area contributed by atoms with Crippen LogP contribution >= 0.6 is 27.7 Å². The Balaban J connectivity index is 1.88. The molecule has 134 valence electrons. The topological polar surface area (TPSA) is 76.4 Å². The second-order valence-corrected chi connectivity index (χ2v) is 7.92. The van der Waals surface area contributed by atoms with Crippen molar-refractivity contribution < 1.29 is 14.6 Å². The number of thioether (sulfide) groups is 1. The van der Waals surface area contributed by atoms with Crippen molar-refractivity contribution in [1.29, 1.82) is 0 Å². The van der Waals surface area contributed by atoms with Crippen molar-refractivity contribution in [2.45, 2.75) is 31.8 Å². The zero-order chi connectivity index (χ0) is 18.1. The molecule has 1 saturated heterocycles. The minimum Gasteiger partial charge on any atom is -0.496 e. The van der Waals surface area contributed by atoms with Gasteiger partial charge in [-0.25, -0.2) is 0 Å². The lowest BCUT2D eigenvalue weighted by Crippen LogP contribution is -2.33. The third-order valence-corrected chi connectivity index (χ3v) is 6.72. The normalized spacial score (nSPS) is 20.0. The summed E-state index contributed by atoms with van der Waals surface area (Å²) in [5.74, 6) is 0.549. The van der Waals surface area contributed by atoms with Crippen molar-refractivity contribution in [2.24, 2.45) is 0 Å². The molecule has 0 radical (unpaired) electrons. The second-order valence-electron chi connectivity index (χ2n) is 5.98. The average Bonchev–Trinajstić information content (AvgIpc) is 3.17. The molecule has 0 unspecified atom stereocenters. The SMILES string of the molecule is COc1ccc([C@@H]2N[C@@H](C(=O)O)CS2)cc1Cn1nc(C)c(Br)c1C. The zero-order valence-corrected chi connectivity index (χ0v) is 16.6. The number of hydrogen-bond acceptors (Lipinski definition) is 5. The Morgan fingerprint density at radius 1 is 1.52 bits per heavy atom. The quantitative estimate of drug-likeness (QED) is 0.766. The number of aryl methyl sites for hydroxylation is 1. The number of rotatable bonds is 5. The van der Waals surface area contributed by atoms with Gasteiger partial charge >= 0.3 is 5.97 Å². The molecular formula is C17H20BrN3O3S. The lowest BCUT2D eigenvalue weighted by Gasteiger charge is -2.16. The maximum atomic E-state index is 11.1. The molecule has 2 N–H and O–H groups in total. The van der Waals surface area contributed by atoms with Gasteiger partial charge in [0.2, 0.25) is 0 Å². The van der Waals surface area contributed by atoms with Gasteiger partial charge in [0.05, 0.1) is 34.9 Å². The van der Waals surface area contributed by atoms with E-state index in [0.29, 0.717) is 12.3 Å². The molecule has 0 aliphatic carbocycles. The van der Waals surface area contributed by atoms with Crippen LogP contribution in [0.25, 0.3) is 0 Å². The molecular weight excluding hydrogens is 406 g/mol. The molecule has 6 nitrogen and oxygen atoms in total. The lowest BCUT2D eigenvalue weighted by atomic mass is 10.1. The maximum absolute atomic E-state index is 11.1. The van der Waals surface area contributed by atoms with Crippen molar-refractivity contribution in [3.8, 4) is 5.75 Å². The highest BCUT2D eigenvalue weighted by atomic mass is 79.9. The van der Waals surface area contributed by atoms with Gasteiger partial charge in [0.25, 0.3) is 0 Å². The van der Waals surface area contributed by atoms with Gasteiger partial charge in [0, 0.05) is 11.3 Å². The Morgan fingerprint density at radius 3 is 2.84 bits per heavy atom. The van der Waals surface area contributed by atoms with Crippen LogP contribution in [0.3, 0.4) is 0 Å². The highest BCUT2D eigenvalue weighted by molar-refractivity contribution is 9.10. The molecule has 1 fully saturated rings. The van der Waals surface area contributed by atoms with Gasteiger partial charge < -0.3 is 9.84 Å². The summed E-state index contributed by atoms with van der Waals surface area (Å²) >= 11 is 5.16. The number of nitrogens with zero attached hydrogens (tertiary/aromatic N) is 2. The van der Waals surface area contributed by atoms with Crippen molar-refractivity contribution in [1.82, 2.24) is 15.1 Å². The number of carbonyl (C=O) groups is 1. The number of carboxylic acids is 1. The highest BCUT2D eigenvalue weighted by Gasteiger charge is 2.30. The zero-order valence-electron chi connectivity index (χ0n) is 14.2. The Morgan fingerprint density at radius 2 is 2.28 bits per heavy atom. The van der Waals surface area contributed by atoms with Crippen LogP contribution < -0.4 is 10.1 Å². The first-order valence-corrected chi connectivity index (χ1v) is 9.71. The first-order valence-electron chi connectivity index (χ1n) is 7.87. The van der Waals surface area contributed by atoms with Crippen LogP contribution in [0.1, 0.15) is 27.9 Å². The summed E-state index contributed by atoms with van der Waals surface area (Å²) in [6.07, 6.45) is 0. The monoisotopic (exact) mass is 425 g/mol. The average molecular weight is 426 g/mol. The standard InChI is InChI=1S/C17H20BrN3O3S/c1-9-15(18)10(2)21(20-9)7-12-6-11(4-5-14(12)24-3)16-19-13(8-25-16)17(22)23/h4-6,13,16,19H,7-8H2,1-3H3,(H,22,23)/t13-,16-/m1/s1. The smallest absolute Gasteiger partial charge is 0.321 e. The van der Waals surface area contributed by atoms with E-state index in [1.165, 1.54) is 0 Å². The largest absolute Gasteiger partial charge is 0.496 e. The van der Waals surface area contributed by atoms with Crippen LogP contribution in [-0.4, -0.2) is 39.8 Å². The van der Waals surface area contributed by atoms with Gasteiger partial charge in [-0.3, -0.25) is 14.8 Å². The Kier molecular flexibility index (Phi) is 5.41. The second kappa shape index (κ2) is 7.39. The van der Waals surface area contributed by atoms with E-state index in [4.69, 9.17) is 9.84 Å². The molecule has 1 aromatic carbocycles. The number of aromatic nitrogens is 2. The molecule has 1 aliphatic rings. The van der Waals surface area contributed by atoms with Gasteiger partial charge in [0.15, 0.2) is 0 Å². The molecule has 2 heterocycles. The van der Waals surface area contributed by atoms with Crippen LogP contribution in [0.2, 0.25) is 0 Å². The van der Waals surface area contributed by atoms with Gasteiger partial charge in [0.1, 0.15) is 11.8 Å². The van der Waals surface area contributed by atoms with Gasteiger partial charge in [-0.05, 0) is 47.5 Å². The van der Waals surface area contributed by atoms with E-state index in [2.05, 4.69) is 32.4 Å². The summed E-state index contributed by atoms with van der Waals surface area (Å²) in [6, 6.07) is 5.47. The van der Waals surface area contributed by atoms with Crippen molar-refractivity contribution in [2.75, 3.05) is 12.9 Å². The predicted molar refractivity (Wildman–Crippen MR) is 101 cm³/mol. The van der Waals surface area contributed by atoms with Gasteiger partial charge in [-0.15, -0.1) is 11.8 Å². The third kappa shape index (κ3) is 3.70. The van der Waals surface area contributed by atoms with Crippen molar-refractivity contribution in [3.63, 3.8) is 0 Å². The van der Waals surface area contributed by atoms with Crippen LogP contribution in [0.4, 0.5) is 0 Å². The molecule has 2 atom stereocenters. The Labute approximate surface area is 159 Å². The number of aliphatic carboxylic acids is 1. The molecule has 1 aromatic heterocycles. The molecule has 8 heteroatoms. The van der Waals surface area contributed by atoms with Crippen molar-refractivity contribution in [3.05, 3.63) is 45.2 Å². The molecule has 0 bridgehead atoms. The fourth-order valence-corrected chi connectivity index (χ4v) is 4.39. The summed E-state index contributed by atoms with van der Waals surface area (Å²) in [6.45, 7) is 4.58. The number of methoxy groups -OCH3 is 1. The van der Waals surface area contributed by atoms with Crippen LogP contribution in [0, 0.1) is 13.8 Å². The fourth-order valence-electron chi connectivity index (χ4n) is 2.88. The lowest BCUT2D eigenvalue weighted by molar-refractivity contribution is -0.138. The molecule has 3 rings (SSSR count). The summed E-state index contributed by atoms with van der Waals surface area (Å²) < 4.78 is 8.45. The number of halogens is 1.